The fourth-order valence-electron chi connectivity index (χ4n) is 2.08. The van der Waals surface area contributed by atoms with Crippen LogP contribution in [0.3, 0.4) is 0 Å². The van der Waals surface area contributed by atoms with Crippen LogP contribution in [0.5, 0.6) is 0 Å². The van der Waals surface area contributed by atoms with Crippen molar-refractivity contribution in [2.75, 3.05) is 0 Å². The molecule has 0 unspecified atom stereocenters. The largest absolute Gasteiger partial charge is 0.481 e. The van der Waals surface area contributed by atoms with Crippen LogP contribution in [0.2, 0.25) is 0 Å². The minimum Gasteiger partial charge on any atom is -0.481 e. The maximum absolute atomic E-state index is 10.9. The Kier molecular flexibility index (Phi) is 5.44. The van der Waals surface area contributed by atoms with Gasteiger partial charge in [-0.15, -0.1) is 0 Å². The van der Waals surface area contributed by atoms with E-state index in [1.165, 1.54) is 0 Å². The van der Waals surface area contributed by atoms with Gasteiger partial charge >= 0.3 is 11.9 Å². The van der Waals surface area contributed by atoms with Crippen molar-refractivity contribution in [3.05, 3.63) is 30.1 Å². The van der Waals surface area contributed by atoms with Gasteiger partial charge in [-0.25, -0.2) is 0 Å². The molecule has 1 aromatic rings. The van der Waals surface area contributed by atoms with Crippen LogP contribution in [0.15, 0.2) is 24.5 Å². The van der Waals surface area contributed by atoms with Crippen LogP contribution in [-0.4, -0.2) is 33.2 Å². The standard InChI is InChI=1S/C13H18N2O4/c1-8(5-9-3-2-4-15-7-9)6-10(14)11(12(16)17)13(18)19/h2-4,7-8,10-11H,5-6,14H2,1H3,(H,16,17)(H,18,19)/t8-,10-/m0/s1. The Balaban J connectivity index is 2.58. The zero-order valence-corrected chi connectivity index (χ0v) is 10.7. The zero-order chi connectivity index (χ0) is 14.4. The second-order valence-corrected chi connectivity index (χ2v) is 4.72. The molecule has 0 radical (unpaired) electrons. The number of carboxylic acids is 2. The topological polar surface area (TPSA) is 114 Å². The molecule has 6 heteroatoms. The number of carbonyl (C=O) groups is 2. The van der Waals surface area contributed by atoms with Crippen molar-refractivity contribution in [2.24, 2.45) is 17.6 Å². The number of nitrogens with two attached hydrogens (primary N) is 1. The summed E-state index contributed by atoms with van der Waals surface area (Å²) in [5.74, 6) is -4.26. The molecule has 0 bridgehead atoms. The lowest BCUT2D eigenvalue weighted by Gasteiger charge is -2.20. The maximum Gasteiger partial charge on any atom is 0.319 e. The molecule has 1 rings (SSSR count). The van der Waals surface area contributed by atoms with Crippen LogP contribution in [0, 0.1) is 11.8 Å². The Labute approximate surface area is 111 Å². The number of nitrogens with zero attached hydrogens (tertiary/aromatic N) is 1. The molecule has 0 aliphatic carbocycles. The minimum absolute atomic E-state index is 0.0837. The molecule has 1 heterocycles. The molecule has 2 atom stereocenters. The molecule has 0 amide bonds. The number of aliphatic carboxylic acids is 2. The van der Waals surface area contributed by atoms with Crippen LogP contribution in [-0.2, 0) is 16.0 Å². The van der Waals surface area contributed by atoms with Crippen molar-refractivity contribution in [2.45, 2.75) is 25.8 Å². The molecular formula is C13H18N2O4. The van der Waals surface area contributed by atoms with Gasteiger partial charge in [0.25, 0.3) is 0 Å². The molecule has 104 valence electrons. The van der Waals surface area contributed by atoms with Gasteiger partial charge in [-0.05, 0) is 30.4 Å². The highest BCUT2D eigenvalue weighted by atomic mass is 16.4. The molecule has 0 aliphatic heterocycles. The van der Waals surface area contributed by atoms with Crippen LogP contribution < -0.4 is 5.73 Å². The Morgan fingerprint density at radius 3 is 2.47 bits per heavy atom. The Morgan fingerprint density at radius 2 is 2.00 bits per heavy atom. The van der Waals surface area contributed by atoms with Crippen LogP contribution in [0.25, 0.3) is 0 Å². The molecular weight excluding hydrogens is 248 g/mol. The quantitative estimate of drug-likeness (QED) is 0.628. The third-order valence-corrected chi connectivity index (χ3v) is 2.94. The summed E-state index contributed by atoms with van der Waals surface area (Å²) in [7, 11) is 0. The fourth-order valence-corrected chi connectivity index (χ4v) is 2.08. The van der Waals surface area contributed by atoms with Gasteiger partial charge in [0, 0.05) is 18.4 Å². The maximum atomic E-state index is 10.9. The average Bonchev–Trinajstić information content (AvgIpc) is 2.28. The van der Waals surface area contributed by atoms with Gasteiger partial charge in [-0.1, -0.05) is 13.0 Å². The molecule has 0 fully saturated rings. The molecule has 4 N–H and O–H groups in total. The van der Waals surface area contributed by atoms with Gasteiger partial charge in [-0.3, -0.25) is 14.6 Å². The number of pyridine rings is 1. The third kappa shape index (κ3) is 4.67. The minimum atomic E-state index is -1.56. The van der Waals surface area contributed by atoms with Crippen molar-refractivity contribution in [1.82, 2.24) is 4.98 Å². The van der Waals surface area contributed by atoms with Gasteiger partial charge in [0.15, 0.2) is 5.92 Å². The first-order valence-corrected chi connectivity index (χ1v) is 6.02. The fraction of sp³-hybridized carbons (Fsp3) is 0.462. The molecule has 0 spiro atoms. The van der Waals surface area contributed by atoms with Gasteiger partial charge < -0.3 is 15.9 Å². The summed E-state index contributed by atoms with van der Waals surface area (Å²) in [6.45, 7) is 1.91. The van der Waals surface area contributed by atoms with Gasteiger partial charge in [0.1, 0.15) is 0 Å². The molecule has 6 nitrogen and oxygen atoms in total. The normalized spacial score (nSPS) is 14.1. The van der Waals surface area contributed by atoms with Crippen LogP contribution >= 0.6 is 0 Å². The predicted octanol–water partition coefficient (Wildman–Crippen LogP) is 0.763. The lowest BCUT2D eigenvalue weighted by molar-refractivity contribution is -0.155. The predicted molar refractivity (Wildman–Crippen MR) is 68.5 cm³/mol. The highest BCUT2D eigenvalue weighted by Gasteiger charge is 2.33. The molecule has 0 aliphatic rings. The van der Waals surface area contributed by atoms with E-state index in [0.717, 1.165) is 5.56 Å². The molecule has 0 saturated heterocycles. The third-order valence-electron chi connectivity index (χ3n) is 2.94. The second kappa shape index (κ2) is 6.84. The van der Waals surface area contributed by atoms with E-state index in [4.69, 9.17) is 15.9 Å². The molecule has 1 aromatic heterocycles. The summed E-state index contributed by atoms with van der Waals surface area (Å²) in [4.78, 5) is 25.7. The molecule has 0 saturated carbocycles. The van der Waals surface area contributed by atoms with Crippen molar-refractivity contribution in [3.63, 3.8) is 0 Å². The van der Waals surface area contributed by atoms with Crippen molar-refractivity contribution in [1.29, 1.82) is 0 Å². The average molecular weight is 266 g/mol. The van der Waals surface area contributed by atoms with E-state index in [2.05, 4.69) is 4.98 Å². The molecule has 19 heavy (non-hydrogen) atoms. The van der Waals surface area contributed by atoms with E-state index in [0.29, 0.717) is 12.8 Å². The highest BCUT2D eigenvalue weighted by molar-refractivity contribution is 5.93. The first-order valence-electron chi connectivity index (χ1n) is 6.02. The number of carboxylic acid groups (broad SMARTS) is 2. The zero-order valence-electron chi connectivity index (χ0n) is 10.7. The number of hydrogen-bond acceptors (Lipinski definition) is 4. The first-order chi connectivity index (χ1) is 8.91. The van der Waals surface area contributed by atoms with Crippen molar-refractivity contribution < 1.29 is 19.8 Å². The van der Waals surface area contributed by atoms with Gasteiger partial charge in [0.05, 0.1) is 0 Å². The smallest absolute Gasteiger partial charge is 0.319 e. The Bertz CT molecular complexity index is 422. The summed E-state index contributed by atoms with van der Waals surface area (Å²) in [6, 6.07) is 2.84. The summed E-state index contributed by atoms with van der Waals surface area (Å²) in [6.07, 6.45) is 4.42. The van der Waals surface area contributed by atoms with E-state index in [9.17, 15) is 9.59 Å². The summed E-state index contributed by atoms with van der Waals surface area (Å²) in [5, 5.41) is 17.7. The number of rotatable bonds is 7. The lowest BCUT2D eigenvalue weighted by atomic mass is 9.89. The monoisotopic (exact) mass is 266 g/mol. The van der Waals surface area contributed by atoms with Gasteiger partial charge in [-0.2, -0.15) is 0 Å². The van der Waals surface area contributed by atoms with E-state index in [1.807, 2.05) is 19.1 Å². The first kappa shape index (κ1) is 15.1. The van der Waals surface area contributed by atoms with E-state index < -0.39 is 23.9 Å². The van der Waals surface area contributed by atoms with E-state index in [-0.39, 0.29) is 5.92 Å². The Hall–Kier alpha value is -1.95. The summed E-state index contributed by atoms with van der Waals surface area (Å²) in [5.41, 5.74) is 6.72. The lowest BCUT2D eigenvalue weighted by Crippen LogP contribution is -2.42. The molecule has 0 aromatic carbocycles. The van der Waals surface area contributed by atoms with Crippen molar-refractivity contribution in [3.8, 4) is 0 Å². The van der Waals surface area contributed by atoms with Gasteiger partial charge in [0.2, 0.25) is 0 Å². The Morgan fingerprint density at radius 1 is 1.37 bits per heavy atom. The van der Waals surface area contributed by atoms with Crippen LogP contribution in [0.1, 0.15) is 18.9 Å². The SMILES string of the molecule is C[C@@H](Cc1cccnc1)C[C@H](N)C(C(=O)O)C(=O)O. The summed E-state index contributed by atoms with van der Waals surface area (Å²) < 4.78 is 0. The van der Waals surface area contributed by atoms with Crippen LogP contribution in [0.4, 0.5) is 0 Å². The van der Waals surface area contributed by atoms with E-state index in [1.54, 1.807) is 12.4 Å². The number of aromatic nitrogens is 1. The number of hydrogen-bond donors (Lipinski definition) is 3. The summed E-state index contributed by atoms with van der Waals surface area (Å²) >= 11 is 0. The van der Waals surface area contributed by atoms with Crippen molar-refractivity contribution >= 4 is 11.9 Å². The second-order valence-electron chi connectivity index (χ2n) is 4.72. The highest BCUT2D eigenvalue weighted by Crippen LogP contribution is 2.16. The van der Waals surface area contributed by atoms with E-state index >= 15 is 0 Å².